The van der Waals surface area contributed by atoms with Gasteiger partial charge < -0.3 is 5.32 Å². The Morgan fingerprint density at radius 2 is 1.86 bits per heavy atom. The largest absolute Gasteiger partial charge is 0.352 e. The van der Waals surface area contributed by atoms with Crippen molar-refractivity contribution in [3.8, 4) is 0 Å². The van der Waals surface area contributed by atoms with Crippen LogP contribution in [0, 0.1) is 18.3 Å². The Hall–Kier alpha value is -1.40. The van der Waals surface area contributed by atoms with Crippen LogP contribution in [-0.2, 0) is 10.0 Å². The molecule has 21 heavy (non-hydrogen) atoms. The molecule has 1 amide bonds. The maximum atomic E-state index is 12.2. The number of carbonyl (C=O) groups excluding carboxylic acids is 1. The zero-order valence-corrected chi connectivity index (χ0v) is 14.0. The molecule has 0 spiro atoms. The molecule has 118 valence electrons. The summed E-state index contributed by atoms with van der Waals surface area (Å²) in [5, 5.41) is 7.95. The fourth-order valence-electron chi connectivity index (χ4n) is 1.70. The molecule has 0 radical (unpaired) electrons. The Kier molecular flexibility index (Phi) is 5.17. The molecule has 0 saturated carbocycles. The molecule has 1 unspecified atom stereocenters. The Morgan fingerprint density at radius 3 is 2.33 bits per heavy atom. The molecule has 1 aromatic carbocycles. The number of aryl methyl sites for hydroxylation is 1. The van der Waals surface area contributed by atoms with E-state index in [2.05, 4.69) is 33.0 Å². The third kappa shape index (κ3) is 5.13. The third-order valence-electron chi connectivity index (χ3n) is 3.69. The number of carbonyl (C=O) groups is 1. The average molecular weight is 312 g/mol. The van der Waals surface area contributed by atoms with Crippen LogP contribution >= 0.6 is 0 Å². The molecule has 0 aliphatic rings. The number of hydrogen-bond donors (Lipinski definition) is 2. The predicted octanol–water partition coefficient (Wildman–Crippen LogP) is 2.05. The van der Waals surface area contributed by atoms with E-state index in [1.165, 1.54) is 12.1 Å². The molecule has 0 saturated heterocycles. The second kappa shape index (κ2) is 6.15. The lowest BCUT2D eigenvalue weighted by atomic mass is 9.82. The summed E-state index contributed by atoms with van der Waals surface area (Å²) in [7, 11) is -3.82. The highest BCUT2D eigenvalue weighted by Crippen LogP contribution is 2.24. The lowest BCUT2D eigenvalue weighted by molar-refractivity contribution is 0.0936. The molecular formula is C15H24N2O3S. The minimum Gasteiger partial charge on any atom is -0.352 e. The number of nitrogens with two attached hydrogens (primary N) is 1. The van der Waals surface area contributed by atoms with Gasteiger partial charge in [-0.3, -0.25) is 4.79 Å². The minimum absolute atomic E-state index is 0.0449. The van der Waals surface area contributed by atoms with Gasteiger partial charge in [0, 0.05) is 12.1 Å². The topological polar surface area (TPSA) is 89.3 Å². The Labute approximate surface area is 127 Å². The van der Waals surface area contributed by atoms with Crippen LogP contribution in [0.1, 0.15) is 43.6 Å². The zero-order valence-electron chi connectivity index (χ0n) is 13.2. The van der Waals surface area contributed by atoms with E-state index in [-0.39, 0.29) is 16.2 Å². The van der Waals surface area contributed by atoms with E-state index >= 15 is 0 Å². The van der Waals surface area contributed by atoms with E-state index in [1.807, 2.05) is 0 Å². The normalized spacial score (nSPS) is 13.8. The van der Waals surface area contributed by atoms with Crippen LogP contribution in [0.15, 0.2) is 23.1 Å². The van der Waals surface area contributed by atoms with Gasteiger partial charge in [-0.15, -0.1) is 0 Å². The lowest BCUT2D eigenvalue weighted by Gasteiger charge is -2.27. The first kappa shape index (κ1) is 17.7. The number of rotatable bonds is 4. The fraction of sp³-hybridized carbons (Fsp3) is 0.533. The van der Waals surface area contributed by atoms with Gasteiger partial charge in [0.2, 0.25) is 10.0 Å². The monoisotopic (exact) mass is 312 g/mol. The maximum absolute atomic E-state index is 12.2. The van der Waals surface area contributed by atoms with Crippen LogP contribution in [0.2, 0.25) is 0 Å². The van der Waals surface area contributed by atoms with Gasteiger partial charge in [0.25, 0.3) is 5.91 Å². The first-order chi connectivity index (χ1) is 9.41. The van der Waals surface area contributed by atoms with Crippen molar-refractivity contribution in [2.45, 2.75) is 39.5 Å². The third-order valence-corrected chi connectivity index (χ3v) is 4.58. The van der Waals surface area contributed by atoms with E-state index in [4.69, 9.17) is 5.14 Å². The average Bonchev–Trinajstić information content (AvgIpc) is 2.32. The number of primary sulfonamides is 1. The molecule has 0 aliphatic heterocycles. The first-order valence-electron chi connectivity index (χ1n) is 6.84. The number of amides is 1. The predicted molar refractivity (Wildman–Crippen MR) is 83.5 cm³/mol. The number of hydrogen-bond acceptors (Lipinski definition) is 3. The standard InChI is InChI=1S/C15H24N2O3S/c1-10-6-12(8-13(7-10)21(16,19)20)14(18)17-9-11(2)15(3,4)5/h6-8,11H,9H2,1-5H3,(H,17,18)(H2,16,19,20). The fourth-order valence-corrected chi connectivity index (χ4v) is 2.34. The van der Waals surface area contributed by atoms with E-state index < -0.39 is 10.0 Å². The summed E-state index contributed by atoms with van der Waals surface area (Å²) in [5.74, 6) is 0.00340. The van der Waals surface area contributed by atoms with Crippen molar-refractivity contribution in [1.29, 1.82) is 0 Å². The number of sulfonamides is 1. The zero-order chi connectivity index (χ0) is 16.4. The smallest absolute Gasteiger partial charge is 0.251 e. The maximum Gasteiger partial charge on any atom is 0.251 e. The molecule has 0 aliphatic carbocycles. The Bertz CT molecular complexity index is 631. The number of nitrogens with one attached hydrogen (secondary N) is 1. The molecule has 0 heterocycles. The molecule has 6 heteroatoms. The van der Waals surface area contributed by atoms with Crippen LogP contribution in [0.25, 0.3) is 0 Å². The second-order valence-corrected chi connectivity index (χ2v) is 8.12. The molecule has 1 rings (SSSR count). The summed E-state index contributed by atoms with van der Waals surface area (Å²) in [6.07, 6.45) is 0. The summed E-state index contributed by atoms with van der Waals surface area (Å²) in [6, 6.07) is 4.40. The molecule has 1 aromatic rings. The van der Waals surface area contributed by atoms with Crippen LogP contribution in [-0.4, -0.2) is 20.9 Å². The Balaban J connectivity index is 2.92. The van der Waals surface area contributed by atoms with E-state index in [1.54, 1.807) is 13.0 Å². The first-order valence-corrected chi connectivity index (χ1v) is 8.38. The van der Waals surface area contributed by atoms with Crippen molar-refractivity contribution in [1.82, 2.24) is 5.32 Å². The SMILES string of the molecule is Cc1cc(C(=O)NCC(C)C(C)(C)C)cc(S(N)(=O)=O)c1. The molecule has 0 aromatic heterocycles. The van der Waals surface area contributed by atoms with Crippen molar-refractivity contribution in [3.63, 3.8) is 0 Å². The molecule has 1 atom stereocenters. The highest BCUT2D eigenvalue weighted by Gasteiger charge is 2.21. The quantitative estimate of drug-likeness (QED) is 0.891. The van der Waals surface area contributed by atoms with Crippen LogP contribution in [0.5, 0.6) is 0 Å². The van der Waals surface area contributed by atoms with Crippen molar-refractivity contribution < 1.29 is 13.2 Å². The second-order valence-electron chi connectivity index (χ2n) is 6.56. The molecular weight excluding hydrogens is 288 g/mol. The summed E-state index contributed by atoms with van der Waals surface area (Å²) >= 11 is 0. The van der Waals surface area contributed by atoms with Gasteiger partial charge in [0.05, 0.1) is 4.90 Å². The summed E-state index contributed by atoms with van der Waals surface area (Å²) < 4.78 is 22.8. The van der Waals surface area contributed by atoms with Gasteiger partial charge in [-0.05, 0) is 42.0 Å². The summed E-state index contributed by atoms with van der Waals surface area (Å²) in [4.78, 5) is 12.1. The number of benzene rings is 1. The lowest BCUT2D eigenvalue weighted by Crippen LogP contribution is -2.33. The van der Waals surface area contributed by atoms with E-state index in [0.717, 1.165) is 0 Å². The van der Waals surface area contributed by atoms with Crippen molar-refractivity contribution in [3.05, 3.63) is 29.3 Å². The van der Waals surface area contributed by atoms with Crippen molar-refractivity contribution >= 4 is 15.9 Å². The highest BCUT2D eigenvalue weighted by molar-refractivity contribution is 7.89. The van der Waals surface area contributed by atoms with Gasteiger partial charge in [-0.1, -0.05) is 27.7 Å². The van der Waals surface area contributed by atoms with Gasteiger partial charge >= 0.3 is 0 Å². The summed E-state index contributed by atoms with van der Waals surface area (Å²) in [5.41, 5.74) is 1.07. The van der Waals surface area contributed by atoms with Crippen LogP contribution in [0.4, 0.5) is 0 Å². The van der Waals surface area contributed by atoms with Crippen LogP contribution in [0.3, 0.4) is 0 Å². The van der Waals surface area contributed by atoms with E-state index in [9.17, 15) is 13.2 Å². The van der Waals surface area contributed by atoms with E-state index in [0.29, 0.717) is 23.6 Å². The van der Waals surface area contributed by atoms with Crippen molar-refractivity contribution in [2.75, 3.05) is 6.54 Å². The van der Waals surface area contributed by atoms with Crippen molar-refractivity contribution in [2.24, 2.45) is 16.5 Å². The molecule has 0 bridgehead atoms. The molecule has 5 nitrogen and oxygen atoms in total. The highest BCUT2D eigenvalue weighted by atomic mass is 32.2. The molecule has 3 N–H and O–H groups in total. The van der Waals surface area contributed by atoms with Gasteiger partial charge in [0.15, 0.2) is 0 Å². The van der Waals surface area contributed by atoms with Crippen LogP contribution < -0.4 is 10.5 Å². The summed E-state index contributed by atoms with van der Waals surface area (Å²) in [6.45, 7) is 10.6. The Morgan fingerprint density at radius 1 is 1.29 bits per heavy atom. The molecule has 0 fully saturated rings. The minimum atomic E-state index is -3.82. The van der Waals surface area contributed by atoms with Gasteiger partial charge in [-0.2, -0.15) is 0 Å². The van der Waals surface area contributed by atoms with Gasteiger partial charge in [0.1, 0.15) is 0 Å². The van der Waals surface area contributed by atoms with Gasteiger partial charge in [-0.25, -0.2) is 13.6 Å².